The zero-order valence-corrected chi connectivity index (χ0v) is 11.0. The molecular formula is C14H24N2O. The zero-order valence-electron chi connectivity index (χ0n) is 11.0. The fraction of sp³-hybridized carbons (Fsp3) is 0.714. The maximum Gasteiger partial charge on any atom is 0.118 e. The van der Waals surface area contributed by atoms with Crippen molar-refractivity contribution in [2.45, 2.75) is 46.2 Å². The molecule has 0 aromatic carbocycles. The molecule has 1 aliphatic rings. The van der Waals surface area contributed by atoms with Gasteiger partial charge in [0.05, 0.1) is 6.54 Å². The average Bonchev–Trinajstić information content (AvgIpc) is 2.70. The van der Waals surface area contributed by atoms with Crippen molar-refractivity contribution in [3.63, 3.8) is 0 Å². The van der Waals surface area contributed by atoms with Gasteiger partial charge in [-0.05, 0) is 38.3 Å². The van der Waals surface area contributed by atoms with E-state index in [1.807, 2.05) is 6.92 Å². The fourth-order valence-corrected chi connectivity index (χ4v) is 2.71. The van der Waals surface area contributed by atoms with Gasteiger partial charge in [0.15, 0.2) is 0 Å². The van der Waals surface area contributed by atoms with Crippen LogP contribution in [0.3, 0.4) is 0 Å². The first-order chi connectivity index (χ1) is 8.22. The van der Waals surface area contributed by atoms with Crippen LogP contribution in [-0.4, -0.2) is 18.0 Å². The molecule has 17 heavy (non-hydrogen) atoms. The summed E-state index contributed by atoms with van der Waals surface area (Å²) >= 11 is 0. The number of nitrogens with zero attached hydrogens (tertiary/aromatic N) is 1. The van der Waals surface area contributed by atoms with Crippen molar-refractivity contribution in [2.24, 2.45) is 11.7 Å². The molecule has 0 bridgehead atoms. The van der Waals surface area contributed by atoms with Crippen LogP contribution in [0.25, 0.3) is 0 Å². The first-order valence-electron chi connectivity index (χ1n) is 6.73. The quantitative estimate of drug-likeness (QED) is 0.874. The van der Waals surface area contributed by atoms with E-state index in [4.69, 9.17) is 10.2 Å². The molecule has 2 rings (SSSR count). The molecule has 1 unspecified atom stereocenters. The van der Waals surface area contributed by atoms with Crippen LogP contribution in [0.1, 0.15) is 43.3 Å². The number of nitrogens with two attached hydrogens (primary N) is 1. The lowest BCUT2D eigenvalue weighted by molar-refractivity contribution is 0.164. The molecule has 1 aromatic heterocycles. The van der Waals surface area contributed by atoms with Crippen LogP contribution in [0.2, 0.25) is 0 Å². The largest absolute Gasteiger partial charge is 0.465 e. The second kappa shape index (κ2) is 5.69. The Morgan fingerprint density at radius 2 is 2.35 bits per heavy atom. The number of furan rings is 1. The maximum atomic E-state index is 5.61. The van der Waals surface area contributed by atoms with Crippen LogP contribution in [0.4, 0.5) is 0 Å². The molecule has 1 aliphatic heterocycles. The van der Waals surface area contributed by atoms with Gasteiger partial charge in [0.2, 0.25) is 0 Å². The van der Waals surface area contributed by atoms with E-state index in [-0.39, 0.29) is 0 Å². The molecule has 0 amide bonds. The molecule has 1 aromatic rings. The highest BCUT2D eigenvalue weighted by Gasteiger charge is 2.19. The fourth-order valence-electron chi connectivity index (χ4n) is 2.71. The van der Waals surface area contributed by atoms with Crippen LogP contribution >= 0.6 is 0 Å². The van der Waals surface area contributed by atoms with E-state index in [1.165, 1.54) is 37.9 Å². The second-order valence-electron chi connectivity index (χ2n) is 5.15. The van der Waals surface area contributed by atoms with E-state index in [9.17, 15) is 0 Å². The van der Waals surface area contributed by atoms with Gasteiger partial charge >= 0.3 is 0 Å². The summed E-state index contributed by atoms with van der Waals surface area (Å²) in [4.78, 5) is 2.55. The molecule has 3 heteroatoms. The third kappa shape index (κ3) is 3.11. The molecular weight excluding hydrogens is 212 g/mol. The van der Waals surface area contributed by atoms with Crippen LogP contribution < -0.4 is 5.73 Å². The minimum absolute atomic E-state index is 0.498. The molecule has 0 radical (unpaired) electrons. The summed E-state index contributed by atoms with van der Waals surface area (Å²) in [6.45, 7) is 8.31. The first-order valence-corrected chi connectivity index (χ1v) is 6.73. The van der Waals surface area contributed by atoms with Gasteiger partial charge in [0.1, 0.15) is 11.5 Å². The Labute approximate surface area is 104 Å². The molecule has 3 nitrogen and oxygen atoms in total. The van der Waals surface area contributed by atoms with Gasteiger partial charge in [-0.25, -0.2) is 0 Å². The van der Waals surface area contributed by atoms with E-state index >= 15 is 0 Å². The zero-order chi connectivity index (χ0) is 12.3. The molecule has 1 atom stereocenters. The summed E-state index contributed by atoms with van der Waals surface area (Å²) in [5.74, 6) is 2.82. The highest BCUT2D eigenvalue weighted by Crippen LogP contribution is 2.23. The first kappa shape index (κ1) is 12.7. The molecule has 0 aliphatic carbocycles. The Morgan fingerprint density at radius 1 is 1.53 bits per heavy atom. The molecule has 2 heterocycles. The topological polar surface area (TPSA) is 42.4 Å². The maximum absolute atomic E-state index is 5.61. The number of hydrogen-bond donors (Lipinski definition) is 1. The number of rotatable bonds is 4. The van der Waals surface area contributed by atoms with E-state index in [2.05, 4.69) is 17.9 Å². The summed E-state index contributed by atoms with van der Waals surface area (Å²) in [7, 11) is 0. The van der Waals surface area contributed by atoms with Crippen molar-refractivity contribution in [2.75, 3.05) is 13.1 Å². The monoisotopic (exact) mass is 236 g/mol. The van der Waals surface area contributed by atoms with Crippen molar-refractivity contribution < 1.29 is 4.42 Å². The number of piperidine rings is 1. The van der Waals surface area contributed by atoms with Crippen molar-refractivity contribution in [1.29, 1.82) is 0 Å². The number of aryl methyl sites for hydroxylation is 1. The second-order valence-corrected chi connectivity index (χ2v) is 5.15. The van der Waals surface area contributed by atoms with E-state index in [1.54, 1.807) is 0 Å². The molecule has 1 saturated heterocycles. The molecule has 0 saturated carbocycles. The van der Waals surface area contributed by atoms with Gasteiger partial charge in [0.25, 0.3) is 0 Å². The smallest absolute Gasteiger partial charge is 0.118 e. The predicted octanol–water partition coefficient (Wildman–Crippen LogP) is 2.67. The van der Waals surface area contributed by atoms with E-state index < -0.39 is 0 Å². The van der Waals surface area contributed by atoms with Crippen molar-refractivity contribution in [1.82, 2.24) is 4.90 Å². The van der Waals surface area contributed by atoms with Gasteiger partial charge < -0.3 is 10.2 Å². The van der Waals surface area contributed by atoms with E-state index in [0.717, 1.165) is 24.0 Å². The lowest BCUT2D eigenvalue weighted by Gasteiger charge is -2.32. The summed E-state index contributed by atoms with van der Waals surface area (Å²) in [6.07, 6.45) is 4.03. The minimum atomic E-state index is 0.498. The lowest BCUT2D eigenvalue weighted by Crippen LogP contribution is -2.34. The van der Waals surface area contributed by atoms with Crippen LogP contribution in [0.15, 0.2) is 10.5 Å². The normalized spacial score (nSPS) is 21.9. The van der Waals surface area contributed by atoms with Crippen LogP contribution in [0, 0.1) is 12.8 Å². The average molecular weight is 236 g/mol. The highest BCUT2D eigenvalue weighted by molar-refractivity contribution is 5.20. The third-order valence-corrected chi connectivity index (χ3v) is 3.85. The van der Waals surface area contributed by atoms with Crippen LogP contribution in [0.5, 0.6) is 0 Å². The highest BCUT2D eigenvalue weighted by atomic mass is 16.3. The summed E-state index contributed by atoms with van der Waals surface area (Å²) < 4.78 is 5.61. The van der Waals surface area contributed by atoms with Crippen molar-refractivity contribution in [3.8, 4) is 0 Å². The number of likely N-dealkylation sites (tertiary alicyclic amines) is 1. The van der Waals surface area contributed by atoms with Gasteiger partial charge in [-0.15, -0.1) is 0 Å². The Bertz CT molecular complexity index is 359. The van der Waals surface area contributed by atoms with Gasteiger partial charge in [-0.2, -0.15) is 0 Å². The van der Waals surface area contributed by atoms with E-state index in [0.29, 0.717) is 6.54 Å². The predicted molar refractivity (Wildman–Crippen MR) is 69.6 cm³/mol. The molecule has 0 spiro atoms. The SMILES string of the molecule is CCC1CCCN(Cc2cc(CN)oc2C)C1. The number of hydrogen-bond acceptors (Lipinski definition) is 3. The van der Waals surface area contributed by atoms with Gasteiger partial charge in [-0.1, -0.05) is 13.3 Å². The Morgan fingerprint density at radius 3 is 3.00 bits per heavy atom. The summed E-state index contributed by atoms with van der Waals surface area (Å²) in [5, 5.41) is 0. The lowest BCUT2D eigenvalue weighted by atomic mass is 9.95. The Kier molecular flexibility index (Phi) is 4.24. The summed E-state index contributed by atoms with van der Waals surface area (Å²) in [5.41, 5.74) is 6.91. The van der Waals surface area contributed by atoms with Crippen molar-refractivity contribution in [3.05, 3.63) is 23.2 Å². The van der Waals surface area contributed by atoms with Gasteiger partial charge in [0, 0.05) is 18.7 Å². The molecule has 1 fully saturated rings. The molecule has 96 valence electrons. The summed E-state index contributed by atoms with van der Waals surface area (Å²) in [6, 6.07) is 2.12. The minimum Gasteiger partial charge on any atom is -0.465 e. The van der Waals surface area contributed by atoms with Gasteiger partial charge in [-0.3, -0.25) is 4.90 Å². The Hall–Kier alpha value is -0.800. The molecule has 2 N–H and O–H groups in total. The van der Waals surface area contributed by atoms with Crippen molar-refractivity contribution >= 4 is 0 Å². The standard InChI is InChI=1S/C14H24N2O/c1-3-12-5-4-6-16(9-12)10-13-7-14(8-15)17-11(13)2/h7,12H,3-6,8-10,15H2,1-2H3. The Balaban J connectivity index is 1.97. The third-order valence-electron chi connectivity index (χ3n) is 3.85. The van der Waals surface area contributed by atoms with Crippen LogP contribution in [-0.2, 0) is 13.1 Å².